The van der Waals surface area contributed by atoms with E-state index in [2.05, 4.69) is 18.8 Å². The monoisotopic (exact) mass is 326 g/mol. The molecule has 134 valence electrons. The molecule has 0 saturated heterocycles. The summed E-state index contributed by atoms with van der Waals surface area (Å²) in [6.07, 6.45) is 13.9. The van der Waals surface area contributed by atoms with E-state index in [1.807, 2.05) is 0 Å². The van der Waals surface area contributed by atoms with Gasteiger partial charge in [0.15, 0.2) is 0 Å². The van der Waals surface area contributed by atoms with Gasteiger partial charge in [-0.2, -0.15) is 0 Å². The van der Waals surface area contributed by atoms with Gasteiger partial charge in [-0.25, -0.2) is 0 Å². The summed E-state index contributed by atoms with van der Waals surface area (Å²) in [6.45, 7) is 2.29. The summed E-state index contributed by atoms with van der Waals surface area (Å²) in [5, 5.41) is 8.72. The van der Waals surface area contributed by atoms with Crippen molar-refractivity contribution in [3.63, 3.8) is 0 Å². The van der Waals surface area contributed by atoms with Gasteiger partial charge in [-0.3, -0.25) is 0 Å². The first-order valence-corrected chi connectivity index (χ1v) is 9.11. The molecule has 0 aromatic heterocycles. The summed E-state index contributed by atoms with van der Waals surface area (Å²) in [7, 11) is 0. The Morgan fingerprint density at radius 2 is 1.57 bits per heavy atom. The van der Waals surface area contributed by atoms with Gasteiger partial charge >= 0.3 is 0 Å². The molecule has 0 rings (SSSR count). The largest absolute Gasteiger partial charge is 0.394 e. The van der Waals surface area contributed by atoms with Crippen LogP contribution in [-0.2, 0) is 14.3 Å². The van der Waals surface area contributed by atoms with Gasteiger partial charge in [0.1, 0.15) is 12.9 Å². The Labute approximate surface area is 141 Å². The predicted octanol–water partition coefficient (Wildman–Crippen LogP) is 3.85. The number of hydrogen-bond donors (Lipinski definition) is 1. The molecule has 23 heavy (non-hydrogen) atoms. The number of aliphatic hydroxyl groups excluding tert-OH is 1. The Balaban J connectivity index is 3.51. The van der Waals surface area contributed by atoms with E-state index in [4.69, 9.17) is 14.6 Å². The Kier molecular flexibility index (Phi) is 18.4. The van der Waals surface area contributed by atoms with Crippen LogP contribution < -0.4 is 0 Å². The average molecular weight is 326 g/mol. The van der Waals surface area contributed by atoms with Crippen LogP contribution >= 0.6 is 0 Å². The quantitative estimate of drug-likeness (QED) is 0.203. The molecular formula is C19H34O4. The lowest BCUT2D eigenvalue weighted by atomic mass is 10.1. The molecule has 1 unspecified atom stereocenters. The van der Waals surface area contributed by atoms with Crippen molar-refractivity contribution in [2.24, 2.45) is 0 Å². The van der Waals surface area contributed by atoms with Crippen LogP contribution in [0.25, 0.3) is 0 Å². The zero-order valence-corrected chi connectivity index (χ0v) is 14.7. The molecule has 0 fully saturated rings. The van der Waals surface area contributed by atoms with Gasteiger partial charge in [-0.15, -0.1) is 0 Å². The fourth-order valence-electron chi connectivity index (χ4n) is 2.27. The molecule has 0 radical (unpaired) electrons. The van der Waals surface area contributed by atoms with Gasteiger partial charge in [-0.1, -0.05) is 70.6 Å². The third-order valence-electron chi connectivity index (χ3n) is 3.55. The van der Waals surface area contributed by atoms with Gasteiger partial charge in [0.25, 0.3) is 0 Å². The second-order valence-electron chi connectivity index (χ2n) is 5.68. The van der Waals surface area contributed by atoms with E-state index in [9.17, 15) is 4.79 Å². The van der Waals surface area contributed by atoms with Crippen molar-refractivity contribution in [1.82, 2.24) is 0 Å². The molecule has 0 aliphatic carbocycles. The summed E-state index contributed by atoms with van der Waals surface area (Å²) in [5.74, 6) is 5.89. The number of carbonyl (C=O) groups is 1. The number of rotatable bonds is 16. The molecule has 0 aromatic rings. The van der Waals surface area contributed by atoms with Crippen LogP contribution in [-0.4, -0.2) is 37.5 Å². The van der Waals surface area contributed by atoms with E-state index in [0.29, 0.717) is 6.29 Å². The number of unbranched alkanes of at least 4 members (excludes halogenated alkanes) is 10. The van der Waals surface area contributed by atoms with Gasteiger partial charge in [-0.05, 0) is 12.3 Å². The molecule has 0 heterocycles. The highest BCUT2D eigenvalue weighted by Crippen LogP contribution is 2.11. The van der Waals surface area contributed by atoms with Crippen molar-refractivity contribution in [3.8, 4) is 11.8 Å². The van der Waals surface area contributed by atoms with Gasteiger partial charge in [0, 0.05) is 6.42 Å². The summed E-state index contributed by atoms with van der Waals surface area (Å²) in [6, 6.07) is 0. The summed E-state index contributed by atoms with van der Waals surface area (Å²) in [5.41, 5.74) is 0. The topological polar surface area (TPSA) is 55.8 Å². The number of hydrogen-bond acceptors (Lipinski definition) is 4. The number of aldehydes is 1. The first-order chi connectivity index (χ1) is 11.3. The van der Waals surface area contributed by atoms with E-state index >= 15 is 0 Å². The fourth-order valence-corrected chi connectivity index (χ4v) is 2.27. The van der Waals surface area contributed by atoms with Crippen LogP contribution in [0.15, 0.2) is 0 Å². The number of ether oxygens (including phenoxy) is 2. The summed E-state index contributed by atoms with van der Waals surface area (Å²) in [4.78, 5) is 10.3. The zero-order chi connectivity index (χ0) is 17.0. The van der Waals surface area contributed by atoms with Crippen LogP contribution in [0.2, 0.25) is 0 Å². The maximum absolute atomic E-state index is 10.3. The highest BCUT2D eigenvalue weighted by Gasteiger charge is 2.03. The summed E-state index contributed by atoms with van der Waals surface area (Å²) < 4.78 is 10.3. The molecule has 0 aromatic carbocycles. The van der Waals surface area contributed by atoms with E-state index < -0.39 is 6.29 Å². The van der Waals surface area contributed by atoms with Crippen LogP contribution in [0.4, 0.5) is 0 Å². The molecule has 4 heteroatoms. The normalized spacial score (nSPS) is 11.7. The fraction of sp³-hybridized carbons (Fsp3) is 0.842. The molecule has 0 aliphatic heterocycles. The molecular weight excluding hydrogens is 292 g/mol. The lowest BCUT2D eigenvalue weighted by Gasteiger charge is -2.10. The first kappa shape index (κ1) is 22.1. The maximum atomic E-state index is 10.3. The molecule has 0 spiro atoms. The van der Waals surface area contributed by atoms with Crippen LogP contribution in [0, 0.1) is 11.8 Å². The van der Waals surface area contributed by atoms with Crippen LogP contribution in [0.5, 0.6) is 0 Å². The maximum Gasteiger partial charge on any atom is 0.222 e. The highest BCUT2D eigenvalue weighted by atomic mass is 16.7. The van der Waals surface area contributed by atoms with Crippen molar-refractivity contribution in [1.29, 1.82) is 0 Å². The molecule has 0 saturated carbocycles. The van der Waals surface area contributed by atoms with Crippen LogP contribution in [0.3, 0.4) is 0 Å². The molecule has 0 bridgehead atoms. The number of aliphatic hydroxyl groups is 1. The number of carbonyl (C=O) groups excluding carboxylic acids is 1. The average Bonchev–Trinajstić information content (AvgIpc) is 2.57. The third kappa shape index (κ3) is 17.3. The Bertz CT molecular complexity index is 306. The second-order valence-corrected chi connectivity index (χ2v) is 5.68. The van der Waals surface area contributed by atoms with E-state index in [-0.39, 0.29) is 19.8 Å². The van der Waals surface area contributed by atoms with E-state index in [1.54, 1.807) is 0 Å². The smallest absolute Gasteiger partial charge is 0.222 e. The molecule has 0 aliphatic rings. The molecule has 0 amide bonds. The minimum Gasteiger partial charge on any atom is -0.394 e. The first-order valence-electron chi connectivity index (χ1n) is 9.11. The lowest BCUT2D eigenvalue weighted by Crippen LogP contribution is -2.18. The Morgan fingerprint density at radius 3 is 2.13 bits per heavy atom. The van der Waals surface area contributed by atoms with Crippen molar-refractivity contribution in [3.05, 3.63) is 0 Å². The van der Waals surface area contributed by atoms with Gasteiger partial charge < -0.3 is 19.4 Å². The minimum atomic E-state index is -0.713. The zero-order valence-electron chi connectivity index (χ0n) is 14.7. The minimum absolute atomic E-state index is 0.0387. The van der Waals surface area contributed by atoms with Crippen LogP contribution in [0.1, 0.15) is 77.6 Å². The van der Waals surface area contributed by atoms with Crippen molar-refractivity contribution >= 4 is 6.29 Å². The van der Waals surface area contributed by atoms with Crippen molar-refractivity contribution < 1.29 is 19.4 Å². The van der Waals surface area contributed by atoms with Crippen molar-refractivity contribution in [2.45, 2.75) is 83.8 Å². The SMILES string of the molecule is CCCCCCCCCCCCC#CC(OCC=O)OCCO. The predicted molar refractivity (Wildman–Crippen MR) is 93.1 cm³/mol. The second kappa shape index (κ2) is 19.2. The van der Waals surface area contributed by atoms with E-state index in [1.165, 1.54) is 57.8 Å². The Morgan fingerprint density at radius 1 is 0.957 bits per heavy atom. The standard InChI is InChI=1S/C19H34O4/c1-2-3-4-5-6-7-8-9-10-11-12-13-14-19(22-17-15-20)23-18-16-21/h15,19,21H,2-12,16-18H2,1H3. The summed E-state index contributed by atoms with van der Waals surface area (Å²) >= 11 is 0. The van der Waals surface area contributed by atoms with Crippen molar-refractivity contribution in [2.75, 3.05) is 19.8 Å². The van der Waals surface area contributed by atoms with Gasteiger partial charge in [0.05, 0.1) is 13.2 Å². The third-order valence-corrected chi connectivity index (χ3v) is 3.55. The lowest BCUT2D eigenvalue weighted by molar-refractivity contribution is -0.131. The molecule has 4 nitrogen and oxygen atoms in total. The Hall–Kier alpha value is -0.890. The van der Waals surface area contributed by atoms with Gasteiger partial charge in [0.2, 0.25) is 6.29 Å². The molecule has 1 N–H and O–H groups in total. The molecule has 1 atom stereocenters. The highest BCUT2D eigenvalue weighted by molar-refractivity contribution is 5.50. The van der Waals surface area contributed by atoms with E-state index in [0.717, 1.165) is 12.8 Å².